The molecule has 0 rings (SSSR count). The number of allylic oxidation sites excluding steroid dienone is 1. The summed E-state index contributed by atoms with van der Waals surface area (Å²) in [5, 5.41) is 0. The number of hydrogen-bond donors (Lipinski definition) is 0. The molecule has 0 saturated carbocycles. The first-order valence-corrected chi connectivity index (χ1v) is 12.3. The summed E-state index contributed by atoms with van der Waals surface area (Å²) < 4.78 is 1.99. The van der Waals surface area contributed by atoms with Crippen LogP contribution in [0.2, 0.25) is 0 Å². The summed E-state index contributed by atoms with van der Waals surface area (Å²) in [4.78, 5) is 11.4. The zero-order valence-electron chi connectivity index (χ0n) is 15.6. The van der Waals surface area contributed by atoms with E-state index in [1.165, 1.54) is 6.16 Å². The molecular weight excluding hydrogens is 376 g/mol. The first kappa shape index (κ1) is 22.6. The van der Waals surface area contributed by atoms with Crippen LogP contribution in [0, 0.1) is 0 Å². The zero-order chi connectivity index (χ0) is 17.4. The van der Waals surface area contributed by atoms with Gasteiger partial charge in [0.15, 0.2) is 0 Å². The van der Waals surface area contributed by atoms with Crippen molar-refractivity contribution >= 4 is 37.9 Å². The van der Waals surface area contributed by atoms with E-state index in [9.17, 15) is 4.79 Å². The van der Waals surface area contributed by atoms with Gasteiger partial charge in [-0.25, -0.2) is 4.79 Å². The molecule has 5 heteroatoms. The van der Waals surface area contributed by atoms with Crippen LogP contribution in [-0.4, -0.2) is 51.4 Å². The van der Waals surface area contributed by atoms with E-state index >= 15 is 0 Å². The molecule has 130 valence electrons. The molecule has 0 spiro atoms. The van der Waals surface area contributed by atoms with Gasteiger partial charge >= 0.3 is 0 Å². The van der Waals surface area contributed by atoms with Crippen LogP contribution in [0.1, 0.15) is 55.4 Å². The lowest BCUT2D eigenvalue weighted by atomic mass is 10.5. The van der Waals surface area contributed by atoms with E-state index in [1.807, 2.05) is 3.93 Å². The summed E-state index contributed by atoms with van der Waals surface area (Å²) in [6, 6.07) is 0. The molecule has 0 amide bonds. The van der Waals surface area contributed by atoms with Gasteiger partial charge in [0.25, 0.3) is 0 Å². The van der Waals surface area contributed by atoms with Crippen molar-refractivity contribution in [2.45, 2.75) is 78.0 Å². The van der Waals surface area contributed by atoms with Crippen LogP contribution in [0.25, 0.3) is 0 Å². The Kier molecular flexibility index (Phi) is 11.5. The molecule has 0 aliphatic rings. The first-order chi connectivity index (χ1) is 10.1. The topological polar surface area (TPSA) is 20.3 Å². The molecular formula is C17H34BrNOP2. The van der Waals surface area contributed by atoms with Gasteiger partial charge < -0.3 is 3.93 Å². The largest absolute Gasteiger partial charge is 0.302 e. The second-order valence-corrected chi connectivity index (χ2v) is 14.7. The van der Waals surface area contributed by atoms with Gasteiger partial charge in [-0.1, -0.05) is 71.2 Å². The lowest BCUT2D eigenvalue weighted by Crippen LogP contribution is -2.22. The maximum atomic E-state index is 11.4. The summed E-state index contributed by atoms with van der Waals surface area (Å²) in [6.07, 6.45) is 2.04. The standard InChI is InChI=1S/C17H34BrNOP2/c1-13(2)21(14(3)4)10-9-19(18)17(11-20)12-22(15(5)6)16(7)8/h13-16H,9-10,12H2,1-8H3. The van der Waals surface area contributed by atoms with Crippen molar-refractivity contribution < 1.29 is 4.79 Å². The molecule has 0 aromatic rings. The fourth-order valence-corrected chi connectivity index (χ4v) is 8.75. The smallest absolute Gasteiger partial charge is 0.146 e. The van der Waals surface area contributed by atoms with Crippen molar-refractivity contribution in [3.05, 3.63) is 5.70 Å². The van der Waals surface area contributed by atoms with Crippen LogP contribution in [-0.2, 0) is 4.79 Å². The van der Waals surface area contributed by atoms with Crippen molar-refractivity contribution in [1.82, 2.24) is 3.93 Å². The van der Waals surface area contributed by atoms with Crippen LogP contribution < -0.4 is 0 Å². The van der Waals surface area contributed by atoms with E-state index in [1.54, 1.807) is 0 Å². The summed E-state index contributed by atoms with van der Waals surface area (Å²) in [5.74, 6) is 2.19. The van der Waals surface area contributed by atoms with E-state index in [2.05, 4.69) is 77.5 Å². The molecule has 0 heterocycles. The van der Waals surface area contributed by atoms with Gasteiger partial charge in [-0.2, -0.15) is 0 Å². The van der Waals surface area contributed by atoms with E-state index in [0.29, 0.717) is 11.3 Å². The number of carbonyl (C=O) groups excluding carboxylic acids is 1. The fraction of sp³-hybridized carbons (Fsp3) is 0.882. The quantitative estimate of drug-likeness (QED) is 0.254. The molecule has 0 saturated heterocycles. The summed E-state index contributed by atoms with van der Waals surface area (Å²) in [6.45, 7) is 19.2. The summed E-state index contributed by atoms with van der Waals surface area (Å²) >= 11 is 3.61. The molecule has 0 unspecified atom stereocenters. The molecule has 0 bridgehead atoms. The predicted molar refractivity (Wildman–Crippen MR) is 109 cm³/mol. The minimum absolute atomic E-state index is 0.00430. The molecule has 0 aromatic carbocycles. The van der Waals surface area contributed by atoms with Gasteiger partial charge in [0.2, 0.25) is 0 Å². The Balaban J connectivity index is 4.73. The van der Waals surface area contributed by atoms with Gasteiger partial charge in [0, 0.05) is 28.9 Å². The number of hydrogen-bond acceptors (Lipinski definition) is 2. The number of nitrogens with zero attached hydrogens (tertiary/aromatic N) is 1. The third-order valence-electron chi connectivity index (χ3n) is 3.95. The van der Waals surface area contributed by atoms with Crippen molar-refractivity contribution in [3.8, 4) is 0 Å². The van der Waals surface area contributed by atoms with E-state index in [-0.39, 0.29) is 15.8 Å². The van der Waals surface area contributed by atoms with Crippen molar-refractivity contribution in [2.75, 3.05) is 18.9 Å². The average Bonchev–Trinajstić information content (AvgIpc) is 2.37. The fourth-order valence-electron chi connectivity index (χ4n) is 2.74. The minimum atomic E-state index is -0.173. The Morgan fingerprint density at radius 2 is 1.32 bits per heavy atom. The highest BCUT2D eigenvalue weighted by Gasteiger charge is 2.23. The van der Waals surface area contributed by atoms with Crippen molar-refractivity contribution in [2.24, 2.45) is 0 Å². The van der Waals surface area contributed by atoms with Crippen LogP contribution in [0.3, 0.4) is 0 Å². The van der Waals surface area contributed by atoms with E-state index in [0.717, 1.165) is 29.7 Å². The predicted octanol–water partition coefficient (Wildman–Crippen LogP) is 5.91. The number of halogens is 1. The van der Waals surface area contributed by atoms with Crippen LogP contribution in [0.15, 0.2) is 5.70 Å². The summed E-state index contributed by atoms with van der Waals surface area (Å²) in [7, 11) is -0.169. The Morgan fingerprint density at radius 3 is 1.64 bits per heavy atom. The second-order valence-electron chi connectivity index (χ2n) is 6.92. The summed E-state index contributed by atoms with van der Waals surface area (Å²) in [5.41, 5.74) is 3.56. The SMILES string of the molecule is CC(C)P(CCN(Br)C(=C=O)CP(C(C)C)C(C)C)C(C)C. The second kappa shape index (κ2) is 11.2. The Hall–Kier alpha value is 0.590. The molecule has 22 heavy (non-hydrogen) atoms. The molecule has 2 nitrogen and oxygen atoms in total. The molecule has 0 radical (unpaired) electrons. The highest BCUT2D eigenvalue weighted by atomic mass is 79.9. The van der Waals surface area contributed by atoms with Gasteiger partial charge in [0.05, 0.1) is 0 Å². The van der Waals surface area contributed by atoms with Crippen molar-refractivity contribution in [1.29, 1.82) is 0 Å². The maximum Gasteiger partial charge on any atom is 0.146 e. The monoisotopic (exact) mass is 409 g/mol. The Morgan fingerprint density at radius 1 is 0.909 bits per heavy atom. The Labute approximate surface area is 149 Å². The maximum absolute atomic E-state index is 11.4. The lowest BCUT2D eigenvalue weighted by molar-refractivity contribution is 0.554. The third kappa shape index (κ3) is 7.92. The highest BCUT2D eigenvalue weighted by molar-refractivity contribution is 9.07. The van der Waals surface area contributed by atoms with Gasteiger partial charge in [0.1, 0.15) is 11.6 Å². The third-order valence-corrected chi connectivity index (χ3v) is 11.4. The van der Waals surface area contributed by atoms with E-state index in [4.69, 9.17) is 0 Å². The van der Waals surface area contributed by atoms with Gasteiger partial charge in [-0.15, -0.1) is 0 Å². The highest BCUT2D eigenvalue weighted by Crippen LogP contribution is 2.48. The minimum Gasteiger partial charge on any atom is -0.302 e. The lowest BCUT2D eigenvalue weighted by Gasteiger charge is -2.30. The molecule has 0 N–H and O–H groups in total. The molecule has 0 aliphatic carbocycles. The van der Waals surface area contributed by atoms with Crippen molar-refractivity contribution in [3.63, 3.8) is 0 Å². The van der Waals surface area contributed by atoms with Crippen LogP contribution >= 0.6 is 32.0 Å². The molecule has 0 atom stereocenters. The van der Waals surface area contributed by atoms with Gasteiger partial charge in [-0.05, 0) is 28.8 Å². The van der Waals surface area contributed by atoms with E-state index < -0.39 is 0 Å². The Bertz CT molecular complexity index is 350. The number of rotatable bonds is 10. The molecule has 0 aromatic heterocycles. The van der Waals surface area contributed by atoms with Gasteiger partial charge in [-0.3, -0.25) is 0 Å². The first-order valence-electron chi connectivity index (χ1n) is 8.30. The normalized spacial score (nSPS) is 12.1. The molecule has 0 aliphatic heterocycles. The van der Waals surface area contributed by atoms with Crippen LogP contribution in [0.4, 0.5) is 0 Å². The zero-order valence-corrected chi connectivity index (χ0v) is 18.9. The average molecular weight is 410 g/mol. The molecule has 0 fully saturated rings. The van der Waals surface area contributed by atoms with Crippen LogP contribution in [0.5, 0.6) is 0 Å².